The Morgan fingerprint density at radius 3 is 2.17 bits per heavy atom. The number of rotatable bonds is 9. The smallest absolute Gasteiger partial charge is 0.422 e. The first-order valence-electron chi connectivity index (χ1n) is 16.9. The van der Waals surface area contributed by atoms with Crippen molar-refractivity contribution < 1.29 is 41.1 Å². The van der Waals surface area contributed by atoms with Crippen molar-refractivity contribution in [1.29, 1.82) is 0 Å². The van der Waals surface area contributed by atoms with Crippen molar-refractivity contribution in [2.24, 2.45) is 5.41 Å². The molecule has 18 heteroatoms. The van der Waals surface area contributed by atoms with Gasteiger partial charge in [-0.05, 0) is 79.8 Å². The van der Waals surface area contributed by atoms with E-state index in [4.69, 9.17) is 16.3 Å². The van der Waals surface area contributed by atoms with Crippen LogP contribution >= 0.6 is 11.6 Å². The van der Waals surface area contributed by atoms with Crippen LogP contribution in [0.15, 0.2) is 66.7 Å². The lowest BCUT2D eigenvalue weighted by molar-refractivity contribution is -0.154. The normalized spacial score (nSPS) is 18.8. The SMILES string of the molecule is O=C(Nc1ccc(F)cc1F)C(=O)N1CCC2(CCN(C(=O)c3ccc(Nc4nc(NC5(c6ccc(Cl)cc6)CC5)nc(OCC(F)(F)F)n4)cc3)C2)C1. The van der Waals surface area contributed by atoms with Gasteiger partial charge in [0.05, 0.1) is 11.2 Å². The zero-order chi connectivity index (χ0) is 38.3. The molecule has 3 heterocycles. The molecule has 3 aromatic carbocycles. The summed E-state index contributed by atoms with van der Waals surface area (Å²) in [5, 5.41) is 8.90. The fourth-order valence-corrected chi connectivity index (χ4v) is 6.87. The van der Waals surface area contributed by atoms with E-state index >= 15 is 0 Å². The standard InChI is InChI=1S/C36H32ClF5N8O4/c37-23-5-3-22(4-6-23)35(11-12-35)48-32-45-31(46-33(47-32)54-20-36(40,41)42)43-25-8-1-21(2-9-25)29(52)49-15-13-34(18-49)14-16-50(19-34)30(53)28(51)44-27-10-7-24(38)17-26(27)39/h1-10,17H,11-16,18-20H2,(H,44,51)(H2,43,45,46,47,48). The summed E-state index contributed by atoms with van der Waals surface area (Å²) in [6, 6.07) is 15.6. The van der Waals surface area contributed by atoms with Gasteiger partial charge in [-0.1, -0.05) is 23.7 Å². The fraction of sp³-hybridized carbons (Fsp3) is 0.333. The molecule has 1 atom stereocenters. The molecule has 12 nitrogen and oxygen atoms in total. The first kappa shape index (κ1) is 36.8. The number of halogens is 6. The minimum atomic E-state index is -4.62. The third kappa shape index (κ3) is 8.30. The van der Waals surface area contributed by atoms with Gasteiger partial charge in [-0.25, -0.2) is 8.78 Å². The molecule has 4 aromatic rings. The Balaban J connectivity index is 0.982. The summed E-state index contributed by atoms with van der Waals surface area (Å²) >= 11 is 6.04. The van der Waals surface area contributed by atoms with Crippen LogP contribution in [0, 0.1) is 17.0 Å². The number of aromatic nitrogens is 3. The average molecular weight is 771 g/mol. The molecule has 0 radical (unpaired) electrons. The molecule has 3 N–H and O–H groups in total. The molecule has 1 unspecified atom stereocenters. The second kappa shape index (κ2) is 14.3. The van der Waals surface area contributed by atoms with Crippen LogP contribution < -0.4 is 20.7 Å². The van der Waals surface area contributed by atoms with Crippen molar-refractivity contribution in [2.75, 3.05) is 48.7 Å². The Labute approximate surface area is 310 Å². The molecule has 7 rings (SSSR count). The largest absolute Gasteiger partial charge is 0.454 e. The van der Waals surface area contributed by atoms with E-state index in [1.165, 1.54) is 4.90 Å². The number of benzene rings is 3. The summed E-state index contributed by atoms with van der Waals surface area (Å²) < 4.78 is 71.0. The monoisotopic (exact) mass is 770 g/mol. The topological polar surface area (TPSA) is 142 Å². The van der Waals surface area contributed by atoms with E-state index in [0.717, 1.165) is 30.5 Å². The third-order valence-electron chi connectivity index (χ3n) is 9.69. The summed E-state index contributed by atoms with van der Waals surface area (Å²) in [5.74, 6) is -4.06. The maximum absolute atomic E-state index is 14.0. The maximum Gasteiger partial charge on any atom is 0.422 e. The average Bonchev–Trinajstić information content (AvgIpc) is 3.60. The lowest BCUT2D eigenvalue weighted by Crippen LogP contribution is -2.40. The lowest BCUT2D eigenvalue weighted by Gasteiger charge is -2.24. The van der Waals surface area contributed by atoms with Gasteiger partial charge >= 0.3 is 24.0 Å². The van der Waals surface area contributed by atoms with E-state index in [-0.39, 0.29) is 36.6 Å². The van der Waals surface area contributed by atoms with Crippen molar-refractivity contribution in [3.63, 3.8) is 0 Å². The van der Waals surface area contributed by atoms with E-state index in [0.29, 0.717) is 48.3 Å². The van der Waals surface area contributed by atoms with Gasteiger partial charge < -0.3 is 30.5 Å². The molecule has 1 spiro atoms. The van der Waals surface area contributed by atoms with E-state index in [1.54, 1.807) is 41.3 Å². The van der Waals surface area contributed by atoms with Crippen LogP contribution in [-0.4, -0.2) is 81.4 Å². The van der Waals surface area contributed by atoms with Gasteiger partial charge in [0.1, 0.15) is 11.6 Å². The Kier molecular flexibility index (Phi) is 9.76. The Hall–Kier alpha value is -5.58. The van der Waals surface area contributed by atoms with Crippen LogP contribution in [0.4, 0.5) is 45.2 Å². The van der Waals surface area contributed by atoms with Gasteiger partial charge in [0, 0.05) is 53.9 Å². The number of carbonyl (C=O) groups excluding carboxylic acids is 3. The summed E-state index contributed by atoms with van der Waals surface area (Å²) in [5.41, 5.74) is 0.450. The highest BCUT2D eigenvalue weighted by molar-refractivity contribution is 6.39. The zero-order valence-corrected chi connectivity index (χ0v) is 29.1. The Morgan fingerprint density at radius 1 is 0.833 bits per heavy atom. The highest BCUT2D eigenvalue weighted by Gasteiger charge is 2.47. The van der Waals surface area contributed by atoms with E-state index < -0.39 is 53.2 Å². The molecule has 3 amide bonds. The molecule has 3 fully saturated rings. The fourth-order valence-electron chi connectivity index (χ4n) is 6.74. The molecule has 1 aromatic heterocycles. The highest BCUT2D eigenvalue weighted by Crippen LogP contribution is 2.48. The molecule has 54 heavy (non-hydrogen) atoms. The molecule has 1 saturated carbocycles. The van der Waals surface area contributed by atoms with Crippen LogP contribution in [0.3, 0.4) is 0 Å². The van der Waals surface area contributed by atoms with Crippen LogP contribution in [0.1, 0.15) is 41.6 Å². The number of anilines is 4. The van der Waals surface area contributed by atoms with Gasteiger partial charge in [0.25, 0.3) is 5.91 Å². The summed E-state index contributed by atoms with van der Waals surface area (Å²) in [7, 11) is 0. The first-order valence-corrected chi connectivity index (χ1v) is 17.3. The van der Waals surface area contributed by atoms with Gasteiger partial charge in [-0.15, -0.1) is 0 Å². The highest BCUT2D eigenvalue weighted by atomic mass is 35.5. The minimum absolute atomic E-state index is 0.00136. The predicted octanol–water partition coefficient (Wildman–Crippen LogP) is 6.29. The minimum Gasteiger partial charge on any atom is -0.454 e. The summed E-state index contributed by atoms with van der Waals surface area (Å²) in [4.78, 5) is 54.4. The maximum atomic E-state index is 14.0. The van der Waals surface area contributed by atoms with Crippen LogP contribution in [0.2, 0.25) is 5.02 Å². The number of nitrogens with one attached hydrogen (secondary N) is 3. The van der Waals surface area contributed by atoms with E-state index in [1.807, 2.05) is 12.1 Å². The predicted molar refractivity (Wildman–Crippen MR) is 186 cm³/mol. The van der Waals surface area contributed by atoms with Crippen molar-refractivity contribution in [1.82, 2.24) is 24.8 Å². The second-order valence-electron chi connectivity index (χ2n) is 13.6. The van der Waals surface area contributed by atoms with Crippen molar-refractivity contribution in [2.45, 2.75) is 37.4 Å². The molecule has 2 aliphatic heterocycles. The second-order valence-corrected chi connectivity index (χ2v) is 14.1. The van der Waals surface area contributed by atoms with E-state index in [9.17, 15) is 36.3 Å². The van der Waals surface area contributed by atoms with Crippen molar-refractivity contribution >= 4 is 52.6 Å². The number of likely N-dealkylation sites (tertiary alicyclic amines) is 2. The quantitative estimate of drug-likeness (QED) is 0.132. The van der Waals surface area contributed by atoms with Crippen LogP contribution in [0.25, 0.3) is 0 Å². The molecule has 282 valence electrons. The molecule has 1 aliphatic carbocycles. The molecular formula is C36H32ClF5N8O4. The number of nitrogens with zero attached hydrogens (tertiary/aromatic N) is 5. The van der Waals surface area contributed by atoms with E-state index in [2.05, 4.69) is 30.9 Å². The Bertz CT molecular complexity index is 2090. The van der Waals surface area contributed by atoms with Crippen LogP contribution in [0.5, 0.6) is 6.01 Å². The van der Waals surface area contributed by atoms with Gasteiger partial charge in [0.15, 0.2) is 6.61 Å². The van der Waals surface area contributed by atoms with Crippen LogP contribution in [-0.2, 0) is 15.1 Å². The number of carbonyl (C=O) groups is 3. The molecule has 2 saturated heterocycles. The lowest BCUT2D eigenvalue weighted by atomic mass is 9.86. The number of alkyl halides is 3. The third-order valence-corrected chi connectivity index (χ3v) is 9.94. The van der Waals surface area contributed by atoms with Gasteiger partial charge in [0.2, 0.25) is 11.9 Å². The first-order chi connectivity index (χ1) is 25.7. The van der Waals surface area contributed by atoms with Crippen molar-refractivity contribution in [3.8, 4) is 6.01 Å². The number of amides is 3. The molecule has 0 bridgehead atoms. The number of hydrogen-bond donors (Lipinski definition) is 3. The van der Waals surface area contributed by atoms with Gasteiger partial charge in [-0.2, -0.15) is 28.1 Å². The summed E-state index contributed by atoms with van der Waals surface area (Å²) in [6.07, 6.45) is -2.01. The molecular weight excluding hydrogens is 739 g/mol. The van der Waals surface area contributed by atoms with Gasteiger partial charge in [-0.3, -0.25) is 14.4 Å². The Morgan fingerprint density at radius 2 is 1.50 bits per heavy atom. The number of ether oxygens (including phenoxy) is 1. The summed E-state index contributed by atoms with van der Waals surface area (Å²) in [6.45, 7) is -0.319. The van der Waals surface area contributed by atoms with Crippen molar-refractivity contribution in [3.05, 3.63) is 94.5 Å². The molecule has 3 aliphatic rings. The zero-order valence-electron chi connectivity index (χ0n) is 28.4. The number of hydrogen-bond acceptors (Lipinski definition) is 9.